The van der Waals surface area contributed by atoms with Crippen molar-refractivity contribution in [2.24, 2.45) is 0 Å². The molecule has 0 unspecified atom stereocenters. The van der Waals surface area contributed by atoms with Gasteiger partial charge in [-0.1, -0.05) is 26.0 Å². The highest BCUT2D eigenvalue weighted by molar-refractivity contribution is 7.92. The second-order valence-corrected chi connectivity index (χ2v) is 11.3. The second kappa shape index (κ2) is 15.7. The fourth-order valence-electron chi connectivity index (χ4n) is 3.26. The molecule has 0 aliphatic heterocycles. The van der Waals surface area contributed by atoms with Crippen LogP contribution in [0.2, 0.25) is 0 Å². The minimum atomic E-state index is -3.65. The predicted molar refractivity (Wildman–Crippen MR) is 147 cm³/mol. The SMILES string of the molecule is CC(C)c1nc(N(C)S(C)(=O)=O)nc(-c2ccc(F)cc2)c1/C=C/[C@@H](O)C[C@@H](O)CC(=O)O.O=C(O)CCC(=O)O. The molecule has 5 N–H and O–H groups in total. The normalized spacial score (nSPS) is 12.9. The van der Waals surface area contributed by atoms with Gasteiger partial charge in [0.25, 0.3) is 0 Å². The van der Waals surface area contributed by atoms with Gasteiger partial charge in [0.15, 0.2) is 0 Å². The largest absolute Gasteiger partial charge is 0.481 e. The quantitative estimate of drug-likeness (QED) is 0.224. The maximum atomic E-state index is 13.5. The Morgan fingerprint density at radius 3 is 1.95 bits per heavy atom. The zero-order chi connectivity index (χ0) is 31.5. The number of sulfonamides is 1. The molecule has 1 aromatic carbocycles. The molecule has 15 heteroatoms. The topological polar surface area (TPSA) is 216 Å². The molecule has 2 rings (SSSR count). The van der Waals surface area contributed by atoms with E-state index in [2.05, 4.69) is 9.97 Å². The van der Waals surface area contributed by atoms with Crippen LogP contribution in [-0.4, -0.2) is 87.3 Å². The first-order valence-electron chi connectivity index (χ1n) is 12.2. The molecule has 0 fully saturated rings. The lowest BCUT2D eigenvalue weighted by Crippen LogP contribution is -2.27. The van der Waals surface area contributed by atoms with E-state index in [4.69, 9.17) is 15.3 Å². The number of carboxylic acids is 3. The van der Waals surface area contributed by atoms with E-state index in [1.54, 1.807) is 0 Å². The van der Waals surface area contributed by atoms with Gasteiger partial charge in [0.1, 0.15) is 5.82 Å². The van der Waals surface area contributed by atoms with E-state index in [1.807, 2.05) is 13.8 Å². The van der Waals surface area contributed by atoms with Gasteiger partial charge in [-0.3, -0.25) is 14.4 Å². The number of benzene rings is 1. The number of hydrogen-bond donors (Lipinski definition) is 5. The highest BCUT2D eigenvalue weighted by Gasteiger charge is 2.22. The third kappa shape index (κ3) is 12.4. The van der Waals surface area contributed by atoms with Gasteiger partial charge in [-0.05, 0) is 30.2 Å². The number of aliphatic hydroxyl groups is 2. The molecule has 0 aliphatic carbocycles. The highest BCUT2D eigenvalue weighted by atomic mass is 32.2. The maximum absolute atomic E-state index is 13.5. The van der Waals surface area contributed by atoms with Gasteiger partial charge in [0.05, 0.1) is 49.1 Å². The summed E-state index contributed by atoms with van der Waals surface area (Å²) in [6.45, 7) is 3.71. The van der Waals surface area contributed by atoms with Gasteiger partial charge in [-0.15, -0.1) is 0 Å². The van der Waals surface area contributed by atoms with Crippen LogP contribution in [0.4, 0.5) is 10.3 Å². The summed E-state index contributed by atoms with van der Waals surface area (Å²) < 4.78 is 38.6. The number of rotatable bonds is 13. The molecule has 2 atom stereocenters. The lowest BCUT2D eigenvalue weighted by Gasteiger charge is -2.20. The molecule has 1 aromatic heterocycles. The molecule has 2 aromatic rings. The molecule has 0 amide bonds. The number of hydrogen-bond acceptors (Lipinski definition) is 9. The lowest BCUT2D eigenvalue weighted by atomic mass is 9.97. The van der Waals surface area contributed by atoms with Crippen molar-refractivity contribution in [3.8, 4) is 11.3 Å². The van der Waals surface area contributed by atoms with Crippen molar-refractivity contribution in [1.82, 2.24) is 9.97 Å². The average Bonchev–Trinajstić information content (AvgIpc) is 2.85. The summed E-state index contributed by atoms with van der Waals surface area (Å²) in [6.07, 6.45) is 0.267. The number of carbonyl (C=O) groups is 3. The van der Waals surface area contributed by atoms with Crippen LogP contribution in [0.15, 0.2) is 30.3 Å². The molecule has 0 aliphatic rings. The number of anilines is 1. The molecule has 0 bridgehead atoms. The first kappa shape index (κ1) is 35.1. The fourth-order valence-corrected chi connectivity index (χ4v) is 3.64. The zero-order valence-corrected chi connectivity index (χ0v) is 23.7. The van der Waals surface area contributed by atoms with E-state index in [0.29, 0.717) is 22.5 Å². The fraction of sp³-hybridized carbons (Fsp3) is 0.423. The van der Waals surface area contributed by atoms with Crippen LogP contribution in [0.25, 0.3) is 17.3 Å². The van der Waals surface area contributed by atoms with Gasteiger partial charge in [-0.25, -0.2) is 27.1 Å². The van der Waals surface area contributed by atoms with Gasteiger partial charge >= 0.3 is 17.9 Å². The van der Waals surface area contributed by atoms with Gasteiger partial charge in [-0.2, -0.15) is 0 Å². The Kier molecular flexibility index (Phi) is 13.5. The molecule has 0 radical (unpaired) electrons. The number of nitrogens with zero attached hydrogens (tertiary/aromatic N) is 3. The van der Waals surface area contributed by atoms with Crippen molar-refractivity contribution in [3.63, 3.8) is 0 Å². The lowest BCUT2D eigenvalue weighted by molar-refractivity contribution is -0.143. The van der Waals surface area contributed by atoms with Crippen LogP contribution >= 0.6 is 0 Å². The van der Waals surface area contributed by atoms with E-state index in [-0.39, 0.29) is 31.1 Å². The summed E-state index contributed by atoms with van der Waals surface area (Å²) >= 11 is 0. The highest BCUT2D eigenvalue weighted by Crippen LogP contribution is 2.31. The molecule has 226 valence electrons. The number of aromatic nitrogens is 2. The number of aliphatic carboxylic acids is 3. The first-order chi connectivity index (χ1) is 18.9. The number of carboxylic acid groups (broad SMARTS) is 3. The molecule has 41 heavy (non-hydrogen) atoms. The minimum Gasteiger partial charge on any atom is -0.481 e. The van der Waals surface area contributed by atoms with Crippen molar-refractivity contribution in [2.45, 2.75) is 57.7 Å². The van der Waals surface area contributed by atoms with Crippen LogP contribution in [0.3, 0.4) is 0 Å². The third-order valence-electron chi connectivity index (χ3n) is 5.37. The Labute approximate surface area is 236 Å². The van der Waals surface area contributed by atoms with E-state index < -0.39 is 52.4 Å². The molecular formula is C26H34FN3O10S. The molecule has 13 nitrogen and oxygen atoms in total. The standard InChI is InChI=1S/C22H28FN3O6S.C4H6O4/c1-13(2)20-18(10-9-16(27)11-17(28)12-19(29)30)21(14-5-7-15(23)8-6-14)25-22(24-20)26(3)33(4,31)32;5-3(6)1-2-4(7)8/h5-10,13,16-17,27-28H,11-12H2,1-4H3,(H,29,30);1-2H2,(H,5,6)(H,7,8)/b10-9+;/t16-,17-;/m1./s1. The van der Waals surface area contributed by atoms with Gasteiger partial charge < -0.3 is 25.5 Å². The van der Waals surface area contributed by atoms with Gasteiger partial charge in [0.2, 0.25) is 16.0 Å². The van der Waals surface area contributed by atoms with E-state index in [1.165, 1.54) is 43.5 Å². The van der Waals surface area contributed by atoms with Gasteiger partial charge in [0, 0.05) is 24.6 Å². The Morgan fingerprint density at radius 1 is 0.976 bits per heavy atom. The Hall–Kier alpha value is -3.95. The average molecular weight is 600 g/mol. The Morgan fingerprint density at radius 2 is 1.51 bits per heavy atom. The van der Waals surface area contributed by atoms with E-state index in [9.17, 15) is 37.4 Å². The van der Waals surface area contributed by atoms with Crippen LogP contribution in [0.1, 0.15) is 56.7 Å². The molecule has 0 saturated carbocycles. The van der Waals surface area contributed by atoms with E-state index >= 15 is 0 Å². The summed E-state index contributed by atoms with van der Waals surface area (Å²) in [4.78, 5) is 38.8. The van der Waals surface area contributed by atoms with Crippen LogP contribution in [-0.2, 0) is 24.4 Å². The number of aliphatic hydroxyl groups excluding tert-OH is 2. The van der Waals surface area contributed by atoms with Crippen molar-refractivity contribution in [1.29, 1.82) is 0 Å². The summed E-state index contributed by atoms with van der Waals surface area (Å²) in [5.74, 6) is -4.02. The predicted octanol–water partition coefficient (Wildman–Crippen LogP) is 2.34. The summed E-state index contributed by atoms with van der Waals surface area (Å²) in [5.41, 5.74) is 1.80. The summed E-state index contributed by atoms with van der Waals surface area (Å²) in [5, 5.41) is 44.6. The van der Waals surface area contributed by atoms with Crippen LogP contribution < -0.4 is 4.31 Å². The van der Waals surface area contributed by atoms with Crippen LogP contribution in [0, 0.1) is 5.82 Å². The zero-order valence-electron chi connectivity index (χ0n) is 22.9. The second-order valence-electron chi connectivity index (χ2n) is 9.26. The van der Waals surface area contributed by atoms with Crippen molar-refractivity contribution >= 4 is 40.0 Å². The maximum Gasteiger partial charge on any atom is 0.305 e. The molecule has 1 heterocycles. The Bertz CT molecular complexity index is 1330. The smallest absolute Gasteiger partial charge is 0.305 e. The molecule has 0 spiro atoms. The number of halogens is 1. The summed E-state index contributed by atoms with van der Waals surface area (Å²) in [7, 11) is -2.33. The third-order valence-corrected chi connectivity index (χ3v) is 6.53. The van der Waals surface area contributed by atoms with Crippen molar-refractivity contribution in [3.05, 3.63) is 47.4 Å². The minimum absolute atomic E-state index is 0.0601. The summed E-state index contributed by atoms with van der Waals surface area (Å²) in [6, 6.07) is 5.49. The van der Waals surface area contributed by atoms with Crippen molar-refractivity contribution < 1.29 is 52.7 Å². The van der Waals surface area contributed by atoms with Crippen molar-refractivity contribution in [2.75, 3.05) is 17.6 Å². The first-order valence-corrected chi connectivity index (χ1v) is 14.1. The monoisotopic (exact) mass is 599 g/mol. The Balaban J connectivity index is 0.000000915. The van der Waals surface area contributed by atoms with E-state index in [0.717, 1.165) is 10.6 Å². The molecule has 0 saturated heterocycles. The van der Waals surface area contributed by atoms with Crippen LogP contribution in [0.5, 0.6) is 0 Å². The molecular weight excluding hydrogens is 565 g/mol.